The van der Waals surface area contributed by atoms with Crippen LogP contribution in [-0.2, 0) is 53.4 Å². The van der Waals surface area contributed by atoms with Crippen molar-refractivity contribution in [2.24, 2.45) is 5.73 Å². The van der Waals surface area contributed by atoms with Crippen LogP contribution in [0.15, 0.2) is 59.5 Å². The van der Waals surface area contributed by atoms with Crippen LogP contribution in [0.1, 0.15) is 51.3 Å². The maximum absolute atomic E-state index is 13.0. The van der Waals surface area contributed by atoms with Crippen molar-refractivity contribution in [3.63, 3.8) is 0 Å². The topological polar surface area (TPSA) is 300 Å². The molecular weight excluding hydrogens is 761 g/mol. The van der Waals surface area contributed by atoms with Crippen LogP contribution in [-0.4, -0.2) is 117 Å². The Morgan fingerprint density at radius 1 is 0.962 bits per heavy atom. The monoisotopic (exact) mass is 802 g/mol. The van der Waals surface area contributed by atoms with Crippen LogP contribution in [0.25, 0.3) is 0 Å². The molecule has 2 aromatic carbocycles. The molecule has 18 nitrogen and oxygen atoms in total. The van der Waals surface area contributed by atoms with E-state index in [2.05, 4.69) is 5.32 Å². The Morgan fingerprint density at radius 2 is 1.51 bits per heavy atom. The maximum Gasteiger partial charge on any atom is 0.333 e. The quantitative estimate of drug-likeness (QED) is 0.125. The van der Waals surface area contributed by atoms with Crippen LogP contribution in [0.2, 0.25) is 0 Å². The number of rotatable bonds is 8. The minimum absolute atomic E-state index is 0. The number of benzene rings is 2. The van der Waals surface area contributed by atoms with Crippen molar-refractivity contribution < 1.29 is 65.8 Å². The predicted octanol–water partition coefficient (Wildman–Crippen LogP) is -0.996. The van der Waals surface area contributed by atoms with Gasteiger partial charge in [-0.05, 0) is 52.3 Å². The van der Waals surface area contributed by atoms with Gasteiger partial charge in [0.05, 0.1) is 16.1 Å². The van der Waals surface area contributed by atoms with Gasteiger partial charge in [0, 0.05) is 4.75 Å². The number of nitrogens with two attached hydrogens (primary N) is 1. The van der Waals surface area contributed by atoms with E-state index in [9.17, 15) is 40.8 Å². The van der Waals surface area contributed by atoms with Gasteiger partial charge < -0.3 is 41.3 Å². The predicted molar refractivity (Wildman–Crippen MR) is 189 cm³/mol. The van der Waals surface area contributed by atoms with Gasteiger partial charge in [0.1, 0.15) is 34.9 Å². The van der Waals surface area contributed by atoms with E-state index in [0.29, 0.717) is 5.56 Å². The molecule has 6 atom stereocenters. The summed E-state index contributed by atoms with van der Waals surface area (Å²) in [5, 5.41) is 1.07. The van der Waals surface area contributed by atoms with E-state index < -0.39 is 101 Å². The van der Waals surface area contributed by atoms with Crippen molar-refractivity contribution in [3.05, 3.63) is 65.7 Å². The molecule has 0 bridgehead atoms. The maximum atomic E-state index is 13.0. The first-order valence-corrected chi connectivity index (χ1v) is 19.5. The Hall–Kier alpha value is -4.12. The Kier molecular flexibility index (Phi) is 12.5. The van der Waals surface area contributed by atoms with Crippen molar-refractivity contribution in [2.75, 3.05) is 6.79 Å². The third-order valence-electron chi connectivity index (χ3n) is 9.32. The van der Waals surface area contributed by atoms with Gasteiger partial charge in [-0.15, -0.1) is 11.8 Å². The second-order valence-electron chi connectivity index (χ2n) is 13.5. The summed E-state index contributed by atoms with van der Waals surface area (Å²) >= 11 is 1.31. The third-order valence-corrected chi connectivity index (χ3v) is 14.6. The number of esters is 2. The number of ether oxygens (including phenoxy) is 2. The van der Waals surface area contributed by atoms with Gasteiger partial charge in [-0.3, -0.25) is 18.9 Å². The number of carbonyl (C=O) groups excluding carboxylic acids is 5. The molecule has 8 N–H and O–H groups in total. The Balaban J connectivity index is 0.000000501. The van der Waals surface area contributed by atoms with Crippen LogP contribution < -0.4 is 11.1 Å². The summed E-state index contributed by atoms with van der Waals surface area (Å²) in [5.41, 5.74) is 7.59. The standard InChI is InChI=1S/C25H30N4O9S2.C7H8O3S.2H2O/c1-24(2)17(29-20(32)16(21(29)39-24)27-19(31)15(26)12-8-6-5-7-9-12)22(33)37-11-38-23(34)18-25(3,4)40(35,36)14-10-13(30)28(14)18;1-6-2-4-7(5-3-6)11(8,9)10;;/h5-9,14-18,21H,10-11,26H2,1-4H3,(H,27,31);2-5H,1H3,(H,8,9,10);2*1H2/t14-,15-,16-,17+,18+,21-;;;/m1.../s1. The minimum atomic E-state index is -4.02. The lowest BCUT2D eigenvalue weighted by atomic mass is 9.95. The smallest absolute Gasteiger partial charge is 0.333 e. The molecule has 2 aromatic rings. The van der Waals surface area contributed by atoms with E-state index in [4.69, 9.17) is 19.8 Å². The van der Waals surface area contributed by atoms with Gasteiger partial charge in [0.2, 0.25) is 24.5 Å². The lowest BCUT2D eigenvalue weighted by Gasteiger charge is -2.44. The number of nitrogens with one attached hydrogen (secondary N) is 1. The van der Waals surface area contributed by atoms with E-state index in [1.165, 1.54) is 42.6 Å². The molecule has 4 saturated heterocycles. The van der Waals surface area contributed by atoms with Crippen molar-refractivity contribution in [2.45, 2.75) is 90.3 Å². The average Bonchev–Trinajstić information content (AvgIpc) is 3.38. The number of nitrogens with zero attached hydrogens (tertiary/aromatic N) is 2. The van der Waals surface area contributed by atoms with Crippen molar-refractivity contribution in [1.29, 1.82) is 0 Å². The van der Waals surface area contributed by atoms with Gasteiger partial charge in [-0.2, -0.15) is 8.42 Å². The number of hydrogen-bond donors (Lipinski definition) is 3. The number of sulfone groups is 1. The molecule has 4 heterocycles. The first-order chi connectivity index (χ1) is 23.6. The van der Waals surface area contributed by atoms with Gasteiger partial charge >= 0.3 is 11.9 Å². The molecule has 3 amide bonds. The minimum Gasteiger partial charge on any atom is -0.426 e. The highest BCUT2D eigenvalue weighted by atomic mass is 32.2. The first-order valence-electron chi connectivity index (χ1n) is 15.6. The van der Waals surface area contributed by atoms with Gasteiger partial charge in [0.15, 0.2) is 9.84 Å². The highest BCUT2D eigenvalue weighted by Gasteiger charge is 2.68. The number of carbonyl (C=O) groups is 5. The summed E-state index contributed by atoms with van der Waals surface area (Å²) in [7, 11) is -7.82. The number of hydrogen-bond acceptors (Lipinski definition) is 13. The number of amides is 3. The van der Waals surface area contributed by atoms with Crippen LogP contribution in [0, 0.1) is 6.92 Å². The third kappa shape index (κ3) is 7.77. The van der Waals surface area contributed by atoms with E-state index >= 15 is 0 Å². The SMILES string of the molecule is CC1(C)S[C@@H]2[C@H](NC(=O)[C@H](N)c3ccccc3)C(=O)N2[C@H]1C(=O)OCOC(=O)[C@@H]1N2C(=O)C[C@H]2S(=O)(=O)C1(C)C.Cc1ccc(S(=O)(=O)O)cc1.O.O. The molecule has 4 aliphatic heterocycles. The van der Waals surface area contributed by atoms with Crippen molar-refractivity contribution in [3.8, 4) is 0 Å². The second kappa shape index (κ2) is 15.3. The Labute approximate surface area is 310 Å². The van der Waals surface area contributed by atoms with E-state index in [0.717, 1.165) is 10.5 Å². The average molecular weight is 803 g/mol. The van der Waals surface area contributed by atoms with Crippen LogP contribution in [0.5, 0.6) is 0 Å². The molecule has 53 heavy (non-hydrogen) atoms. The number of aryl methyl sites for hydroxylation is 1. The summed E-state index contributed by atoms with van der Waals surface area (Å²) in [6, 6.07) is 10.4. The fourth-order valence-electron chi connectivity index (χ4n) is 6.40. The number of fused-ring (bicyclic) bond motifs is 2. The van der Waals surface area contributed by atoms with E-state index in [1.54, 1.807) is 56.3 Å². The zero-order chi connectivity index (χ0) is 37.8. The normalized spacial score (nSPS) is 26.0. The largest absolute Gasteiger partial charge is 0.426 e. The number of β-lactam (4-membered cyclic amide) rings is 2. The second-order valence-corrected chi connectivity index (χ2v) is 19.4. The van der Waals surface area contributed by atoms with Gasteiger partial charge in [-0.25, -0.2) is 18.0 Å². The molecule has 0 saturated carbocycles. The highest BCUT2D eigenvalue weighted by molar-refractivity contribution is 8.01. The molecule has 6 rings (SSSR count). The lowest BCUT2D eigenvalue weighted by Crippen LogP contribution is -2.71. The molecule has 0 aromatic heterocycles. The fourth-order valence-corrected chi connectivity index (χ4v) is 10.6. The zero-order valence-corrected chi connectivity index (χ0v) is 31.7. The molecule has 21 heteroatoms. The van der Waals surface area contributed by atoms with E-state index in [1.807, 2.05) is 6.92 Å². The summed E-state index contributed by atoms with van der Waals surface area (Å²) in [4.78, 5) is 65.8. The summed E-state index contributed by atoms with van der Waals surface area (Å²) in [6.45, 7) is 7.21. The number of thioether (sulfide) groups is 1. The first kappa shape index (κ1) is 43.3. The lowest BCUT2D eigenvalue weighted by molar-refractivity contribution is -0.181. The molecule has 4 fully saturated rings. The Morgan fingerprint density at radius 3 is 2.04 bits per heavy atom. The molecule has 4 aliphatic rings. The summed E-state index contributed by atoms with van der Waals surface area (Å²) in [6.07, 6.45) is -0.191. The molecule has 0 spiro atoms. The highest BCUT2D eigenvalue weighted by Crippen LogP contribution is 2.51. The van der Waals surface area contributed by atoms with Crippen LogP contribution in [0.3, 0.4) is 0 Å². The molecular formula is C32H42N4O14S3. The summed E-state index contributed by atoms with van der Waals surface area (Å²) < 4.78 is 62.9. The van der Waals surface area contributed by atoms with E-state index in [-0.39, 0.29) is 22.3 Å². The Bertz CT molecular complexity index is 1970. The van der Waals surface area contributed by atoms with Gasteiger partial charge in [0.25, 0.3) is 10.1 Å². The molecule has 0 unspecified atom stereocenters. The molecule has 292 valence electrons. The molecule has 0 aliphatic carbocycles. The van der Waals surface area contributed by atoms with Gasteiger partial charge in [-0.1, -0.05) is 48.0 Å². The van der Waals surface area contributed by atoms with Crippen molar-refractivity contribution in [1.82, 2.24) is 15.1 Å². The fraction of sp³-hybridized carbons (Fsp3) is 0.469. The summed E-state index contributed by atoms with van der Waals surface area (Å²) in [5.74, 6) is -3.32. The zero-order valence-electron chi connectivity index (χ0n) is 29.2. The molecule has 0 radical (unpaired) electrons. The van der Waals surface area contributed by atoms with Crippen LogP contribution in [0.4, 0.5) is 0 Å². The van der Waals surface area contributed by atoms with Crippen molar-refractivity contribution >= 4 is 61.4 Å². The van der Waals surface area contributed by atoms with Crippen LogP contribution >= 0.6 is 11.8 Å².